The Balaban J connectivity index is 2.25. The van der Waals surface area contributed by atoms with E-state index in [0.717, 1.165) is 26.3 Å². The Morgan fingerprint density at radius 1 is 1.37 bits per heavy atom. The number of nitrogens with zero attached hydrogens (tertiary/aromatic N) is 1. The number of aromatic nitrogens is 1. The van der Waals surface area contributed by atoms with Crippen LogP contribution in [0, 0.1) is 6.92 Å². The summed E-state index contributed by atoms with van der Waals surface area (Å²) in [5, 5.41) is 0.751. The molecule has 0 bridgehead atoms. The van der Waals surface area contributed by atoms with Gasteiger partial charge in [0, 0.05) is 27.8 Å². The first-order chi connectivity index (χ1) is 9.11. The van der Waals surface area contributed by atoms with Gasteiger partial charge in [-0.25, -0.2) is 0 Å². The first kappa shape index (κ1) is 14.5. The van der Waals surface area contributed by atoms with Crippen molar-refractivity contribution < 1.29 is 0 Å². The molecule has 3 nitrogen and oxygen atoms in total. The molecule has 1 unspecified atom stereocenters. The highest BCUT2D eigenvalue weighted by Gasteiger charge is 2.14. The predicted octanol–water partition coefficient (Wildman–Crippen LogP) is 3.55. The predicted molar refractivity (Wildman–Crippen MR) is 81.9 cm³/mol. The topological polar surface area (TPSA) is 50.9 Å². The molecule has 2 rings (SSSR count). The molecule has 0 aliphatic rings. The number of pyridine rings is 1. The Hall–Kier alpha value is -0.940. The highest BCUT2D eigenvalue weighted by Crippen LogP contribution is 2.26. The maximum Gasteiger partial charge on any atom is 0.0518 e. The Morgan fingerprint density at radius 2 is 2.16 bits per heavy atom. The van der Waals surface area contributed by atoms with Gasteiger partial charge in [-0.05, 0) is 52.2 Å². The molecule has 3 N–H and O–H groups in total. The molecule has 19 heavy (non-hydrogen) atoms. The van der Waals surface area contributed by atoms with Crippen molar-refractivity contribution in [3.8, 4) is 0 Å². The van der Waals surface area contributed by atoms with E-state index in [-0.39, 0.29) is 6.04 Å². The van der Waals surface area contributed by atoms with Gasteiger partial charge in [0.05, 0.1) is 6.04 Å². The summed E-state index contributed by atoms with van der Waals surface area (Å²) in [7, 11) is 0. The van der Waals surface area contributed by atoms with Crippen LogP contribution < -0.4 is 11.3 Å². The van der Waals surface area contributed by atoms with E-state index < -0.39 is 0 Å². The van der Waals surface area contributed by atoms with Gasteiger partial charge < -0.3 is 0 Å². The second kappa shape index (κ2) is 6.48. The normalized spacial score (nSPS) is 12.4. The molecule has 0 saturated carbocycles. The number of halogens is 2. The van der Waals surface area contributed by atoms with E-state index >= 15 is 0 Å². The summed E-state index contributed by atoms with van der Waals surface area (Å²) < 4.78 is 0.965. The molecule has 1 aromatic heterocycles. The number of hydrogen-bond acceptors (Lipinski definition) is 3. The van der Waals surface area contributed by atoms with E-state index in [1.54, 1.807) is 6.20 Å². The maximum atomic E-state index is 6.15. The summed E-state index contributed by atoms with van der Waals surface area (Å²) in [6, 6.07) is 9.79. The zero-order valence-corrected chi connectivity index (χ0v) is 12.9. The SMILES string of the molecule is Cc1c(Cl)cccc1C(Cc1ccc(Br)cn1)NN. The fourth-order valence-corrected chi connectivity index (χ4v) is 2.41. The van der Waals surface area contributed by atoms with E-state index in [4.69, 9.17) is 17.4 Å². The van der Waals surface area contributed by atoms with Crippen LogP contribution in [-0.4, -0.2) is 4.98 Å². The lowest BCUT2D eigenvalue weighted by molar-refractivity contribution is 0.543. The summed E-state index contributed by atoms with van der Waals surface area (Å²) in [5.74, 6) is 5.67. The molecule has 0 amide bonds. The van der Waals surface area contributed by atoms with Gasteiger partial charge in [0.1, 0.15) is 0 Å². The van der Waals surface area contributed by atoms with Gasteiger partial charge in [-0.1, -0.05) is 23.7 Å². The molecule has 0 fully saturated rings. The molecule has 1 aromatic carbocycles. The van der Waals surface area contributed by atoms with Crippen molar-refractivity contribution in [3.63, 3.8) is 0 Å². The van der Waals surface area contributed by atoms with Crippen molar-refractivity contribution in [1.29, 1.82) is 0 Å². The van der Waals surface area contributed by atoms with Crippen molar-refractivity contribution >= 4 is 27.5 Å². The minimum Gasteiger partial charge on any atom is -0.271 e. The summed E-state index contributed by atoms with van der Waals surface area (Å²) in [6.45, 7) is 2.00. The van der Waals surface area contributed by atoms with Crippen molar-refractivity contribution in [2.75, 3.05) is 0 Å². The largest absolute Gasteiger partial charge is 0.271 e. The van der Waals surface area contributed by atoms with Crippen LogP contribution in [0.2, 0.25) is 5.02 Å². The number of hydrogen-bond donors (Lipinski definition) is 2. The molecule has 1 heterocycles. The monoisotopic (exact) mass is 339 g/mol. The quantitative estimate of drug-likeness (QED) is 0.661. The van der Waals surface area contributed by atoms with Crippen molar-refractivity contribution in [2.24, 2.45) is 5.84 Å². The number of nitrogens with two attached hydrogens (primary N) is 1. The molecule has 0 radical (unpaired) electrons. The lowest BCUT2D eigenvalue weighted by atomic mass is 9.98. The smallest absolute Gasteiger partial charge is 0.0518 e. The molecular weight excluding hydrogens is 326 g/mol. The minimum absolute atomic E-state index is 0.00706. The van der Waals surface area contributed by atoms with E-state index in [1.165, 1.54) is 0 Å². The van der Waals surface area contributed by atoms with Crippen LogP contribution in [0.5, 0.6) is 0 Å². The van der Waals surface area contributed by atoms with Crippen LogP contribution in [0.4, 0.5) is 0 Å². The van der Waals surface area contributed by atoms with Crippen molar-refractivity contribution in [3.05, 3.63) is 62.8 Å². The fourth-order valence-electron chi connectivity index (χ4n) is 2.00. The van der Waals surface area contributed by atoms with E-state index in [9.17, 15) is 0 Å². The average Bonchev–Trinajstić information content (AvgIpc) is 2.42. The Bertz CT molecular complexity index is 557. The molecule has 100 valence electrons. The fraction of sp³-hybridized carbons (Fsp3) is 0.214. The zero-order valence-electron chi connectivity index (χ0n) is 10.5. The van der Waals surface area contributed by atoms with Crippen molar-refractivity contribution in [2.45, 2.75) is 19.4 Å². The van der Waals surface area contributed by atoms with E-state index in [0.29, 0.717) is 6.42 Å². The van der Waals surface area contributed by atoms with Gasteiger partial charge in [-0.3, -0.25) is 16.3 Å². The third-order valence-corrected chi connectivity index (χ3v) is 3.97. The van der Waals surface area contributed by atoms with Crippen LogP contribution in [0.3, 0.4) is 0 Å². The zero-order chi connectivity index (χ0) is 13.8. The van der Waals surface area contributed by atoms with Crippen LogP contribution in [0.1, 0.15) is 22.9 Å². The summed E-state index contributed by atoms with van der Waals surface area (Å²) >= 11 is 9.52. The third-order valence-electron chi connectivity index (χ3n) is 3.09. The second-order valence-corrected chi connectivity index (χ2v) is 5.67. The molecule has 0 spiro atoms. The van der Waals surface area contributed by atoms with Gasteiger partial charge in [-0.15, -0.1) is 0 Å². The van der Waals surface area contributed by atoms with E-state index in [1.807, 2.05) is 37.3 Å². The number of hydrazine groups is 1. The van der Waals surface area contributed by atoms with E-state index in [2.05, 4.69) is 26.3 Å². The van der Waals surface area contributed by atoms with Gasteiger partial charge in [0.2, 0.25) is 0 Å². The Morgan fingerprint density at radius 3 is 2.79 bits per heavy atom. The van der Waals surface area contributed by atoms with Crippen LogP contribution in [0.15, 0.2) is 41.0 Å². The second-order valence-electron chi connectivity index (χ2n) is 4.35. The maximum absolute atomic E-state index is 6.15. The first-order valence-corrected chi connectivity index (χ1v) is 7.10. The Kier molecular flexibility index (Phi) is 4.93. The van der Waals surface area contributed by atoms with Crippen LogP contribution in [-0.2, 0) is 6.42 Å². The molecule has 5 heteroatoms. The summed E-state index contributed by atoms with van der Waals surface area (Å²) in [4.78, 5) is 4.37. The molecule has 1 atom stereocenters. The molecule has 0 saturated heterocycles. The van der Waals surface area contributed by atoms with Gasteiger partial charge in [0.25, 0.3) is 0 Å². The van der Waals surface area contributed by atoms with Gasteiger partial charge >= 0.3 is 0 Å². The van der Waals surface area contributed by atoms with Crippen LogP contribution in [0.25, 0.3) is 0 Å². The minimum atomic E-state index is -0.00706. The molecule has 0 aliphatic carbocycles. The number of nitrogens with one attached hydrogen (secondary N) is 1. The standard InChI is InChI=1S/C14H15BrClN3/c1-9-12(3-2-4-13(9)16)14(19-17)7-11-6-5-10(15)8-18-11/h2-6,8,14,19H,7,17H2,1H3. The molecule has 0 aliphatic heterocycles. The average molecular weight is 341 g/mol. The number of rotatable bonds is 4. The lowest BCUT2D eigenvalue weighted by Crippen LogP contribution is -2.30. The van der Waals surface area contributed by atoms with Gasteiger partial charge in [0.15, 0.2) is 0 Å². The summed E-state index contributed by atoms with van der Waals surface area (Å²) in [6.07, 6.45) is 2.50. The third kappa shape index (κ3) is 3.54. The first-order valence-electron chi connectivity index (χ1n) is 5.93. The number of benzene rings is 1. The summed E-state index contributed by atoms with van der Waals surface area (Å²) in [5.41, 5.74) is 5.96. The molecule has 2 aromatic rings. The molecular formula is C14H15BrClN3. The van der Waals surface area contributed by atoms with Crippen molar-refractivity contribution in [1.82, 2.24) is 10.4 Å². The lowest BCUT2D eigenvalue weighted by Gasteiger charge is -2.19. The highest BCUT2D eigenvalue weighted by atomic mass is 79.9. The van der Waals surface area contributed by atoms with Crippen LogP contribution >= 0.6 is 27.5 Å². The Labute approximate surface area is 126 Å². The van der Waals surface area contributed by atoms with Gasteiger partial charge in [-0.2, -0.15) is 0 Å². The highest BCUT2D eigenvalue weighted by molar-refractivity contribution is 9.10.